The summed E-state index contributed by atoms with van der Waals surface area (Å²) >= 11 is 3.32. The molecule has 2 rings (SSSR count). The Morgan fingerprint density at radius 2 is 1.94 bits per heavy atom. The van der Waals surface area contributed by atoms with Crippen molar-refractivity contribution in [3.05, 3.63) is 28.7 Å². The van der Waals surface area contributed by atoms with Crippen LogP contribution in [0.4, 0.5) is 5.69 Å². The lowest BCUT2D eigenvalue weighted by molar-refractivity contribution is -0.117. The zero-order chi connectivity index (χ0) is 13.3. The van der Waals surface area contributed by atoms with E-state index in [0.29, 0.717) is 6.54 Å². The highest BCUT2D eigenvalue weighted by molar-refractivity contribution is 9.10. The van der Waals surface area contributed by atoms with Crippen LogP contribution >= 0.6 is 26.6 Å². The van der Waals surface area contributed by atoms with Crippen molar-refractivity contribution in [3.63, 3.8) is 0 Å². The van der Waals surface area contributed by atoms with Crippen LogP contribution in [0.15, 0.2) is 28.7 Å². The van der Waals surface area contributed by atoms with E-state index in [0.717, 1.165) is 10.2 Å². The van der Waals surface area contributed by atoms with Gasteiger partial charge in [0.05, 0.1) is 5.75 Å². The predicted molar refractivity (Wildman–Crippen MR) is 74.2 cm³/mol. The third-order valence-electron chi connectivity index (χ3n) is 2.78. The van der Waals surface area contributed by atoms with Crippen LogP contribution in [0.5, 0.6) is 0 Å². The molecule has 1 heterocycles. The van der Waals surface area contributed by atoms with Crippen LogP contribution in [0.3, 0.4) is 0 Å². The molecule has 1 amide bonds. The van der Waals surface area contributed by atoms with E-state index >= 15 is 0 Å². The molecule has 0 unspecified atom stereocenters. The van der Waals surface area contributed by atoms with Crippen molar-refractivity contribution >= 4 is 47.3 Å². The maximum Gasteiger partial charge on any atom is 0.232 e. The Morgan fingerprint density at radius 3 is 2.50 bits per heavy atom. The smallest absolute Gasteiger partial charge is 0.232 e. The molecule has 0 aliphatic carbocycles. The number of amides is 1. The van der Waals surface area contributed by atoms with Gasteiger partial charge in [-0.1, -0.05) is 15.9 Å². The van der Waals surface area contributed by atoms with Crippen LogP contribution in [-0.2, 0) is 13.8 Å². The summed E-state index contributed by atoms with van der Waals surface area (Å²) in [7, 11) is 1.65. The van der Waals surface area contributed by atoms with Gasteiger partial charge in [0.15, 0.2) is 0 Å². The van der Waals surface area contributed by atoms with Crippen molar-refractivity contribution in [2.75, 3.05) is 17.2 Å². The lowest BCUT2D eigenvalue weighted by atomic mass is 10.1. The maximum atomic E-state index is 11.8. The average molecular weight is 353 g/mol. The summed E-state index contributed by atoms with van der Waals surface area (Å²) in [5.74, 6) is -0.459. The largest absolute Gasteiger partial charge is 0.312 e. The summed E-state index contributed by atoms with van der Waals surface area (Å²) in [6.45, 7) is 0.395. The van der Waals surface area contributed by atoms with E-state index in [1.54, 1.807) is 4.90 Å². The zero-order valence-electron chi connectivity index (χ0n) is 9.34. The molecule has 18 heavy (non-hydrogen) atoms. The number of carbonyl (C=O) groups is 1. The molecule has 1 aliphatic rings. The Morgan fingerprint density at radius 1 is 1.33 bits per heavy atom. The highest BCUT2D eigenvalue weighted by atomic mass is 79.9. The van der Waals surface area contributed by atoms with Crippen LogP contribution in [0.2, 0.25) is 0 Å². The van der Waals surface area contributed by atoms with E-state index in [2.05, 4.69) is 15.9 Å². The number of rotatable bonds is 3. The lowest BCUT2D eigenvalue weighted by Crippen LogP contribution is -2.25. The first-order valence-electron chi connectivity index (χ1n) is 5.33. The molecule has 0 radical (unpaired) electrons. The third-order valence-corrected chi connectivity index (χ3v) is 4.55. The molecular formula is C11H11BrClNO3S. The van der Waals surface area contributed by atoms with Crippen molar-refractivity contribution in [2.24, 2.45) is 5.92 Å². The fourth-order valence-electron chi connectivity index (χ4n) is 2.05. The molecule has 0 saturated carbocycles. The van der Waals surface area contributed by atoms with Crippen molar-refractivity contribution in [1.82, 2.24) is 0 Å². The van der Waals surface area contributed by atoms with E-state index in [1.165, 1.54) is 0 Å². The van der Waals surface area contributed by atoms with Crippen LogP contribution < -0.4 is 4.90 Å². The molecule has 1 aromatic carbocycles. The van der Waals surface area contributed by atoms with Gasteiger partial charge in [0.1, 0.15) is 0 Å². The minimum absolute atomic E-state index is 0.0670. The maximum absolute atomic E-state index is 11.8. The molecule has 98 valence electrons. The zero-order valence-corrected chi connectivity index (χ0v) is 12.5. The second-order valence-corrected chi connectivity index (χ2v) is 7.99. The van der Waals surface area contributed by atoms with Crippen LogP contribution in [-0.4, -0.2) is 26.6 Å². The molecule has 7 heteroatoms. The van der Waals surface area contributed by atoms with Gasteiger partial charge in [-0.2, -0.15) is 0 Å². The highest BCUT2D eigenvalue weighted by Crippen LogP contribution is 2.27. The van der Waals surface area contributed by atoms with Gasteiger partial charge in [0, 0.05) is 39.7 Å². The van der Waals surface area contributed by atoms with E-state index < -0.39 is 9.05 Å². The Labute approximate surface area is 118 Å². The summed E-state index contributed by atoms with van der Waals surface area (Å²) in [6, 6.07) is 7.32. The fourth-order valence-corrected chi connectivity index (χ4v) is 3.63. The molecule has 0 aromatic heterocycles. The summed E-state index contributed by atoms with van der Waals surface area (Å²) in [6.07, 6.45) is 0.224. The SMILES string of the molecule is O=C1C[C@@H](CS(=O)(=O)Cl)CN1c1ccc(Br)cc1. The van der Waals surface area contributed by atoms with Gasteiger partial charge in [-0.05, 0) is 24.3 Å². The normalized spacial score (nSPS) is 20.4. The van der Waals surface area contributed by atoms with E-state index in [1.807, 2.05) is 24.3 Å². The molecule has 1 atom stereocenters. The third kappa shape index (κ3) is 3.46. The summed E-state index contributed by atoms with van der Waals surface area (Å²) in [5, 5.41) is 0. The van der Waals surface area contributed by atoms with Crippen molar-refractivity contribution in [3.8, 4) is 0 Å². The van der Waals surface area contributed by atoms with Gasteiger partial charge in [-0.25, -0.2) is 8.42 Å². The van der Waals surface area contributed by atoms with Crippen LogP contribution in [0.25, 0.3) is 0 Å². The first kappa shape index (κ1) is 13.8. The van der Waals surface area contributed by atoms with Crippen LogP contribution in [0, 0.1) is 5.92 Å². The molecule has 1 fully saturated rings. The number of hydrogen-bond donors (Lipinski definition) is 0. The number of nitrogens with zero attached hydrogens (tertiary/aromatic N) is 1. The molecule has 0 bridgehead atoms. The topological polar surface area (TPSA) is 54.5 Å². The highest BCUT2D eigenvalue weighted by Gasteiger charge is 2.33. The second-order valence-electron chi connectivity index (χ2n) is 4.26. The number of anilines is 1. The molecule has 0 spiro atoms. The molecular weight excluding hydrogens is 342 g/mol. The molecule has 0 N–H and O–H groups in total. The van der Waals surface area contributed by atoms with Crippen molar-refractivity contribution in [2.45, 2.75) is 6.42 Å². The number of carbonyl (C=O) groups excluding carboxylic acids is 1. The standard InChI is InChI=1S/C11H11BrClNO3S/c12-9-1-3-10(4-2-9)14-6-8(5-11(14)15)7-18(13,16)17/h1-4,8H,5-7H2/t8-/m1/s1. The monoisotopic (exact) mass is 351 g/mol. The Balaban J connectivity index is 2.12. The minimum Gasteiger partial charge on any atom is -0.312 e. The summed E-state index contributed by atoms with van der Waals surface area (Å²) in [5.41, 5.74) is 0.776. The average Bonchev–Trinajstić information content (AvgIpc) is 2.58. The van der Waals surface area contributed by atoms with Gasteiger partial charge < -0.3 is 4.90 Å². The molecule has 1 aliphatic heterocycles. The van der Waals surface area contributed by atoms with Crippen molar-refractivity contribution in [1.29, 1.82) is 0 Å². The van der Waals surface area contributed by atoms with Gasteiger partial charge >= 0.3 is 0 Å². The van der Waals surface area contributed by atoms with Gasteiger partial charge in [-0.3, -0.25) is 4.79 Å². The molecule has 1 aromatic rings. The predicted octanol–water partition coefficient (Wildman–Crippen LogP) is 2.37. The number of hydrogen-bond acceptors (Lipinski definition) is 3. The van der Waals surface area contributed by atoms with Crippen molar-refractivity contribution < 1.29 is 13.2 Å². The second kappa shape index (κ2) is 5.19. The van der Waals surface area contributed by atoms with Gasteiger partial charge in [0.25, 0.3) is 0 Å². The molecule has 1 saturated heterocycles. The van der Waals surface area contributed by atoms with E-state index in [9.17, 15) is 13.2 Å². The summed E-state index contributed by atoms with van der Waals surface area (Å²) < 4.78 is 23.0. The first-order chi connectivity index (χ1) is 8.35. The van der Waals surface area contributed by atoms with Crippen LogP contribution in [0.1, 0.15) is 6.42 Å². The Hall–Kier alpha value is -0.590. The van der Waals surface area contributed by atoms with E-state index in [4.69, 9.17) is 10.7 Å². The Kier molecular flexibility index (Phi) is 3.99. The number of benzene rings is 1. The van der Waals surface area contributed by atoms with Gasteiger partial charge in [0.2, 0.25) is 15.0 Å². The first-order valence-corrected chi connectivity index (χ1v) is 8.60. The number of halogens is 2. The minimum atomic E-state index is -3.56. The lowest BCUT2D eigenvalue weighted by Gasteiger charge is -2.16. The van der Waals surface area contributed by atoms with Gasteiger partial charge in [-0.15, -0.1) is 0 Å². The molecule has 4 nitrogen and oxygen atoms in total. The fraction of sp³-hybridized carbons (Fsp3) is 0.364. The quantitative estimate of drug-likeness (QED) is 0.785. The Bertz CT molecular complexity index is 558. The summed E-state index contributed by atoms with van der Waals surface area (Å²) in [4.78, 5) is 13.4. The van der Waals surface area contributed by atoms with E-state index in [-0.39, 0.29) is 24.0 Å².